The number of imide groups is 2. The predicted molar refractivity (Wildman–Crippen MR) is 213 cm³/mol. The molecular formula is C44H48FN7O6. The summed E-state index contributed by atoms with van der Waals surface area (Å²) in [6, 6.07) is 18.4. The molecule has 3 aromatic rings. The van der Waals surface area contributed by atoms with E-state index in [2.05, 4.69) is 25.3 Å². The number of anilines is 2. The number of carbonyl (C=O) groups excluding carboxylic acids is 5. The van der Waals surface area contributed by atoms with Crippen molar-refractivity contribution in [2.75, 3.05) is 49.1 Å². The van der Waals surface area contributed by atoms with E-state index < -0.39 is 46.3 Å². The summed E-state index contributed by atoms with van der Waals surface area (Å²) >= 11 is 0. The lowest BCUT2D eigenvalue weighted by atomic mass is 9.49. The second-order valence-corrected chi connectivity index (χ2v) is 17.3. The highest BCUT2D eigenvalue weighted by molar-refractivity contribution is 6.23. The van der Waals surface area contributed by atoms with Crippen LogP contribution in [0.25, 0.3) is 0 Å². The molecule has 13 nitrogen and oxygen atoms in total. The van der Waals surface area contributed by atoms with Gasteiger partial charge in [-0.1, -0.05) is 27.7 Å². The lowest BCUT2D eigenvalue weighted by molar-refractivity contribution is -0.164. The van der Waals surface area contributed by atoms with Gasteiger partial charge < -0.3 is 19.9 Å². The number of nitrogens with zero attached hydrogens (tertiary/aromatic N) is 5. The van der Waals surface area contributed by atoms with Crippen molar-refractivity contribution in [3.63, 3.8) is 0 Å². The molecular weight excluding hydrogens is 742 g/mol. The van der Waals surface area contributed by atoms with Crippen LogP contribution in [0.1, 0.15) is 90.0 Å². The van der Waals surface area contributed by atoms with E-state index >= 15 is 0 Å². The largest absolute Gasteiger partial charge is 0.489 e. The fourth-order valence-corrected chi connectivity index (χ4v) is 10.1. The first-order valence-corrected chi connectivity index (χ1v) is 20.0. The molecule has 1 unspecified atom stereocenters. The van der Waals surface area contributed by atoms with Crippen molar-refractivity contribution < 1.29 is 33.1 Å². The molecule has 0 aromatic heterocycles. The zero-order valence-electron chi connectivity index (χ0n) is 33.2. The van der Waals surface area contributed by atoms with E-state index in [-0.39, 0.29) is 42.0 Å². The van der Waals surface area contributed by atoms with E-state index in [1.807, 2.05) is 64.1 Å². The predicted octanol–water partition coefficient (Wildman–Crippen LogP) is 4.50. The monoisotopic (exact) mass is 789 g/mol. The van der Waals surface area contributed by atoms with Crippen molar-refractivity contribution in [1.82, 2.24) is 20.4 Å². The number of nitriles is 1. The average Bonchev–Trinajstić information content (AvgIpc) is 3.46. The summed E-state index contributed by atoms with van der Waals surface area (Å²) in [6.07, 6.45) is 1.84. The van der Waals surface area contributed by atoms with Gasteiger partial charge in [0.1, 0.15) is 29.8 Å². The summed E-state index contributed by atoms with van der Waals surface area (Å²) in [5.74, 6) is -2.44. The average molecular weight is 790 g/mol. The van der Waals surface area contributed by atoms with Gasteiger partial charge in [-0.3, -0.25) is 39.1 Å². The van der Waals surface area contributed by atoms with E-state index in [1.165, 1.54) is 12.1 Å². The van der Waals surface area contributed by atoms with Crippen LogP contribution in [0.2, 0.25) is 0 Å². The molecule has 302 valence electrons. The highest BCUT2D eigenvalue weighted by Crippen LogP contribution is 2.55. The third kappa shape index (κ3) is 6.85. The van der Waals surface area contributed by atoms with Crippen molar-refractivity contribution in [1.29, 1.82) is 5.26 Å². The van der Waals surface area contributed by atoms with Gasteiger partial charge in [-0.25, -0.2) is 4.39 Å². The standard InChI is InChI=1S/C44H48FN7O6/c1-43(2)41(44(3,4)42(43)58-31-11-7-27(25-46)34(45)24-31)48-37(54)26-5-8-28(9-6-26)50-19-21-51(22-20-50)29-15-17-49(18-16-29)30-10-12-32-33(23-30)40(57)52(39(32)56)35-13-14-36(53)47-38(35)55/h5-12,23-24,29,35,41-42H,13-22H2,1-4H3,(H,48,54)(H,47,53,55). The molecule has 5 aliphatic rings. The zero-order chi connectivity index (χ0) is 41.1. The van der Waals surface area contributed by atoms with E-state index in [9.17, 15) is 28.4 Å². The number of hydrogen-bond acceptors (Lipinski definition) is 10. The molecule has 8 rings (SSSR count). The minimum absolute atomic E-state index is 0.0356. The first-order valence-electron chi connectivity index (χ1n) is 20.0. The number of ether oxygens (including phenoxy) is 1. The Morgan fingerprint density at radius 1 is 0.810 bits per heavy atom. The molecule has 0 radical (unpaired) electrons. The summed E-state index contributed by atoms with van der Waals surface area (Å²) in [4.78, 5) is 72.2. The number of rotatable bonds is 8. The Balaban J connectivity index is 0.811. The van der Waals surface area contributed by atoms with Crippen LogP contribution in [0.5, 0.6) is 5.75 Å². The number of fused-ring (bicyclic) bond motifs is 1. The lowest BCUT2D eigenvalue weighted by Crippen LogP contribution is -2.74. The second kappa shape index (κ2) is 14.8. The Labute approximate surface area is 337 Å². The molecule has 4 aliphatic heterocycles. The van der Waals surface area contributed by atoms with Crippen LogP contribution in [0, 0.1) is 28.0 Å². The molecule has 1 aliphatic carbocycles. The molecule has 4 fully saturated rings. The van der Waals surface area contributed by atoms with Gasteiger partial charge in [-0.2, -0.15) is 5.26 Å². The van der Waals surface area contributed by atoms with Crippen LogP contribution in [0.15, 0.2) is 60.7 Å². The number of halogens is 1. The van der Waals surface area contributed by atoms with Gasteiger partial charge >= 0.3 is 0 Å². The number of benzene rings is 3. The van der Waals surface area contributed by atoms with Gasteiger partial charge in [-0.05, 0) is 73.9 Å². The van der Waals surface area contributed by atoms with Crippen molar-refractivity contribution in [3.8, 4) is 11.8 Å². The van der Waals surface area contributed by atoms with Gasteiger partial charge in [-0.15, -0.1) is 0 Å². The number of hydrogen-bond donors (Lipinski definition) is 2. The second-order valence-electron chi connectivity index (χ2n) is 17.3. The first kappa shape index (κ1) is 39.0. The molecule has 3 saturated heterocycles. The summed E-state index contributed by atoms with van der Waals surface area (Å²) < 4.78 is 20.5. The number of piperazine rings is 1. The molecule has 5 amide bonds. The summed E-state index contributed by atoms with van der Waals surface area (Å²) in [5.41, 5.74) is 2.19. The minimum atomic E-state index is -0.983. The van der Waals surface area contributed by atoms with Gasteiger partial charge in [0.15, 0.2) is 0 Å². The van der Waals surface area contributed by atoms with Crippen molar-refractivity contribution in [2.45, 2.75) is 77.6 Å². The van der Waals surface area contributed by atoms with Crippen LogP contribution < -0.4 is 25.2 Å². The zero-order valence-corrected chi connectivity index (χ0v) is 33.2. The van der Waals surface area contributed by atoms with E-state index in [1.54, 1.807) is 18.2 Å². The number of amides is 5. The Bertz CT molecular complexity index is 2200. The van der Waals surface area contributed by atoms with E-state index in [4.69, 9.17) is 10.00 Å². The lowest BCUT2D eigenvalue weighted by Gasteiger charge is -2.63. The SMILES string of the molecule is CC1(C)C(NC(=O)c2ccc(N3CCN(C4CCN(c5ccc6c(c5)C(=O)N(C5CCC(=O)NC5=O)C6=O)CC4)CC3)cc2)C(C)(C)C1Oc1ccc(C#N)c(F)c1. The summed E-state index contributed by atoms with van der Waals surface area (Å²) in [6.45, 7) is 13.3. The molecule has 4 heterocycles. The van der Waals surface area contributed by atoms with Crippen LogP contribution >= 0.6 is 0 Å². The van der Waals surface area contributed by atoms with E-state index in [0.717, 1.165) is 68.4 Å². The summed E-state index contributed by atoms with van der Waals surface area (Å²) in [5, 5.41) is 14.5. The Hall–Kier alpha value is -5.81. The van der Waals surface area contributed by atoms with Gasteiger partial charge in [0, 0.05) is 91.6 Å². The van der Waals surface area contributed by atoms with Crippen LogP contribution in [0.4, 0.5) is 15.8 Å². The van der Waals surface area contributed by atoms with E-state index in [0.29, 0.717) is 22.9 Å². The third-order valence-corrected chi connectivity index (χ3v) is 13.0. The fourth-order valence-electron chi connectivity index (χ4n) is 10.1. The molecule has 0 spiro atoms. The molecule has 0 bridgehead atoms. The maximum atomic E-state index is 14.3. The van der Waals surface area contributed by atoms with Crippen molar-refractivity contribution in [2.24, 2.45) is 10.8 Å². The molecule has 3 aromatic carbocycles. The maximum absolute atomic E-state index is 14.3. The maximum Gasteiger partial charge on any atom is 0.262 e. The Morgan fingerprint density at radius 2 is 1.45 bits per heavy atom. The van der Waals surface area contributed by atoms with Crippen molar-refractivity contribution in [3.05, 3.63) is 88.7 Å². The van der Waals surface area contributed by atoms with Crippen molar-refractivity contribution >= 4 is 40.9 Å². The van der Waals surface area contributed by atoms with Crippen LogP contribution in [0.3, 0.4) is 0 Å². The minimum Gasteiger partial charge on any atom is -0.489 e. The highest BCUT2D eigenvalue weighted by atomic mass is 19.1. The summed E-state index contributed by atoms with van der Waals surface area (Å²) in [7, 11) is 0. The topological polar surface area (TPSA) is 155 Å². The smallest absolute Gasteiger partial charge is 0.262 e. The molecule has 1 atom stereocenters. The number of piperidine rings is 2. The van der Waals surface area contributed by atoms with Gasteiger partial charge in [0.05, 0.1) is 16.7 Å². The normalized spacial score (nSPS) is 24.5. The molecule has 2 N–H and O–H groups in total. The number of carbonyl (C=O) groups is 5. The van der Waals surface area contributed by atoms with Crippen LogP contribution in [-0.4, -0.2) is 103 Å². The number of nitrogens with one attached hydrogen (secondary N) is 2. The molecule has 14 heteroatoms. The fraction of sp³-hybridized carbons (Fsp3) is 0.455. The first-order chi connectivity index (χ1) is 27.7. The van der Waals surface area contributed by atoms with Gasteiger partial charge in [0.25, 0.3) is 17.7 Å². The van der Waals surface area contributed by atoms with Gasteiger partial charge in [0.2, 0.25) is 11.8 Å². The Morgan fingerprint density at radius 3 is 2.09 bits per heavy atom. The highest BCUT2D eigenvalue weighted by Gasteiger charge is 2.64. The quantitative estimate of drug-likeness (QED) is 0.312. The Kier molecular flexibility index (Phi) is 9.99. The third-order valence-electron chi connectivity index (χ3n) is 13.0. The molecule has 1 saturated carbocycles. The van der Waals surface area contributed by atoms with Crippen LogP contribution in [-0.2, 0) is 9.59 Å². The molecule has 58 heavy (non-hydrogen) atoms.